The number of hydrogen-bond donors (Lipinski definition) is 2. The molecule has 0 amide bonds. The van der Waals surface area contributed by atoms with Crippen LogP contribution < -0.4 is 10.9 Å². The van der Waals surface area contributed by atoms with Gasteiger partial charge in [0.15, 0.2) is 0 Å². The van der Waals surface area contributed by atoms with Gasteiger partial charge in [-0.05, 0) is 5.92 Å². The van der Waals surface area contributed by atoms with Gasteiger partial charge in [0.05, 0.1) is 0 Å². The van der Waals surface area contributed by atoms with Gasteiger partial charge in [-0.15, -0.1) is 0 Å². The van der Waals surface area contributed by atoms with E-state index < -0.39 is 10.2 Å². The molecule has 11 heavy (non-hydrogen) atoms. The Kier molecular flexibility index (Phi) is 2.19. The van der Waals surface area contributed by atoms with Crippen LogP contribution in [0.15, 0.2) is 0 Å². The van der Waals surface area contributed by atoms with E-state index in [0.29, 0.717) is 13.1 Å². The molecule has 0 aromatic heterocycles. The van der Waals surface area contributed by atoms with Gasteiger partial charge in [-0.25, -0.2) is 5.14 Å². The van der Waals surface area contributed by atoms with Crippen LogP contribution in [0.2, 0.25) is 0 Å². The van der Waals surface area contributed by atoms with E-state index >= 15 is 0 Å². The molecule has 0 aromatic rings. The minimum absolute atomic E-state index is 0.0756. The van der Waals surface area contributed by atoms with Crippen LogP contribution in [0.5, 0.6) is 0 Å². The summed E-state index contributed by atoms with van der Waals surface area (Å²) in [5.41, 5.74) is 5.60. The number of nitrogens with zero attached hydrogens (tertiary/aromatic N) is 1. The molecule has 0 radical (unpaired) electrons. The molecular formula is C5H13N3O2S. The van der Waals surface area contributed by atoms with Crippen molar-refractivity contribution in [2.45, 2.75) is 13.0 Å². The first-order valence-corrected chi connectivity index (χ1v) is 4.95. The maximum absolute atomic E-state index is 10.8. The van der Waals surface area contributed by atoms with Crippen molar-refractivity contribution < 1.29 is 8.42 Å². The summed E-state index contributed by atoms with van der Waals surface area (Å²) in [7, 11) is -3.52. The zero-order chi connectivity index (χ0) is 8.65. The second-order valence-electron chi connectivity index (χ2n) is 3.00. The first-order valence-electron chi connectivity index (χ1n) is 3.44. The lowest BCUT2D eigenvalue weighted by atomic mass is 10.1. The summed E-state index contributed by atoms with van der Waals surface area (Å²) in [6, 6.07) is -0.0756. The minimum atomic E-state index is -3.52. The third-order valence-corrected chi connectivity index (χ3v) is 3.01. The number of hydrogen-bond acceptors (Lipinski definition) is 3. The molecule has 0 saturated carbocycles. The van der Waals surface area contributed by atoms with Crippen LogP contribution in [-0.2, 0) is 10.2 Å². The van der Waals surface area contributed by atoms with Crippen LogP contribution in [0.3, 0.4) is 0 Å². The second kappa shape index (κ2) is 2.71. The highest BCUT2D eigenvalue weighted by Crippen LogP contribution is 2.15. The van der Waals surface area contributed by atoms with Gasteiger partial charge in [0.1, 0.15) is 0 Å². The van der Waals surface area contributed by atoms with Gasteiger partial charge < -0.3 is 5.73 Å². The largest absolute Gasteiger partial charge is 0.326 e. The highest BCUT2D eigenvalue weighted by molar-refractivity contribution is 7.86. The summed E-state index contributed by atoms with van der Waals surface area (Å²) < 4.78 is 22.8. The van der Waals surface area contributed by atoms with Crippen LogP contribution >= 0.6 is 0 Å². The van der Waals surface area contributed by atoms with Crippen molar-refractivity contribution in [1.29, 1.82) is 0 Å². The fourth-order valence-electron chi connectivity index (χ4n) is 1.15. The van der Waals surface area contributed by atoms with Crippen molar-refractivity contribution in [3.63, 3.8) is 0 Å². The predicted molar refractivity (Wildman–Crippen MR) is 41.8 cm³/mol. The SMILES string of the molecule is CC1CN(S(N)(=O)=O)CC1N. The van der Waals surface area contributed by atoms with E-state index in [1.165, 1.54) is 4.31 Å². The Balaban J connectivity index is 2.69. The lowest BCUT2D eigenvalue weighted by Gasteiger charge is -2.10. The standard InChI is InChI=1S/C5H13N3O2S/c1-4-2-8(3-5(4)6)11(7,9)10/h4-5H,2-3,6H2,1H3,(H2,7,9,10). The van der Waals surface area contributed by atoms with E-state index in [1.807, 2.05) is 6.92 Å². The van der Waals surface area contributed by atoms with Gasteiger partial charge in [0.2, 0.25) is 0 Å². The minimum Gasteiger partial charge on any atom is -0.326 e. The number of nitrogens with two attached hydrogens (primary N) is 2. The van der Waals surface area contributed by atoms with Crippen LogP contribution in [-0.4, -0.2) is 31.9 Å². The van der Waals surface area contributed by atoms with Gasteiger partial charge in [-0.1, -0.05) is 6.92 Å². The summed E-state index contributed by atoms with van der Waals surface area (Å²) in [4.78, 5) is 0. The summed E-state index contributed by atoms with van der Waals surface area (Å²) in [6.07, 6.45) is 0. The average Bonchev–Trinajstić information content (AvgIpc) is 2.11. The molecule has 1 heterocycles. The molecule has 0 aliphatic carbocycles. The van der Waals surface area contributed by atoms with Crippen molar-refractivity contribution in [2.24, 2.45) is 16.8 Å². The van der Waals surface area contributed by atoms with E-state index in [2.05, 4.69) is 0 Å². The quantitative estimate of drug-likeness (QED) is 0.511. The highest BCUT2D eigenvalue weighted by Gasteiger charge is 2.32. The van der Waals surface area contributed by atoms with Gasteiger partial charge in [-0.3, -0.25) is 0 Å². The molecule has 0 bridgehead atoms. The van der Waals surface area contributed by atoms with Crippen LogP contribution in [0.4, 0.5) is 0 Å². The Morgan fingerprint density at radius 2 is 2.00 bits per heavy atom. The molecule has 1 rings (SSSR count). The van der Waals surface area contributed by atoms with E-state index in [1.54, 1.807) is 0 Å². The van der Waals surface area contributed by atoms with Crippen molar-refractivity contribution in [2.75, 3.05) is 13.1 Å². The molecule has 1 aliphatic rings. The summed E-state index contributed by atoms with van der Waals surface area (Å²) in [5.74, 6) is 0.202. The molecule has 1 aliphatic heterocycles. The van der Waals surface area contributed by atoms with Crippen molar-refractivity contribution in [3.05, 3.63) is 0 Å². The monoisotopic (exact) mass is 179 g/mol. The number of rotatable bonds is 1. The lowest BCUT2D eigenvalue weighted by Crippen LogP contribution is -2.36. The molecule has 66 valence electrons. The van der Waals surface area contributed by atoms with Gasteiger partial charge >= 0.3 is 0 Å². The topological polar surface area (TPSA) is 89.4 Å². The second-order valence-corrected chi connectivity index (χ2v) is 4.55. The first-order chi connectivity index (χ1) is 4.91. The first kappa shape index (κ1) is 8.92. The Morgan fingerprint density at radius 3 is 2.18 bits per heavy atom. The highest BCUT2D eigenvalue weighted by atomic mass is 32.2. The zero-order valence-electron chi connectivity index (χ0n) is 6.40. The molecule has 2 unspecified atom stereocenters. The summed E-state index contributed by atoms with van der Waals surface area (Å²) in [5, 5.41) is 4.91. The van der Waals surface area contributed by atoms with Gasteiger partial charge in [0.25, 0.3) is 10.2 Å². The average molecular weight is 179 g/mol. The van der Waals surface area contributed by atoms with Gasteiger partial charge in [-0.2, -0.15) is 12.7 Å². The predicted octanol–water partition coefficient (Wildman–Crippen LogP) is -1.53. The van der Waals surface area contributed by atoms with Crippen LogP contribution in [0, 0.1) is 5.92 Å². The molecular weight excluding hydrogens is 166 g/mol. The third kappa shape index (κ3) is 1.90. The van der Waals surface area contributed by atoms with E-state index in [9.17, 15) is 8.42 Å². The smallest absolute Gasteiger partial charge is 0.276 e. The maximum atomic E-state index is 10.8. The summed E-state index contributed by atoms with van der Waals surface area (Å²) in [6.45, 7) is 2.70. The maximum Gasteiger partial charge on any atom is 0.276 e. The Hall–Kier alpha value is -0.170. The molecule has 0 aromatic carbocycles. The molecule has 2 atom stereocenters. The molecule has 4 N–H and O–H groups in total. The Bertz CT molecular complexity index is 228. The molecule has 6 heteroatoms. The van der Waals surface area contributed by atoms with Crippen LogP contribution in [0.1, 0.15) is 6.92 Å². The Morgan fingerprint density at radius 1 is 1.45 bits per heavy atom. The fourth-order valence-corrected chi connectivity index (χ4v) is 1.98. The molecule has 1 saturated heterocycles. The molecule has 0 spiro atoms. The van der Waals surface area contributed by atoms with Crippen molar-refractivity contribution >= 4 is 10.2 Å². The van der Waals surface area contributed by atoms with Crippen molar-refractivity contribution in [3.8, 4) is 0 Å². The molecule has 5 nitrogen and oxygen atoms in total. The van der Waals surface area contributed by atoms with Crippen LogP contribution in [0.25, 0.3) is 0 Å². The van der Waals surface area contributed by atoms with E-state index in [4.69, 9.17) is 10.9 Å². The van der Waals surface area contributed by atoms with E-state index in [-0.39, 0.29) is 12.0 Å². The van der Waals surface area contributed by atoms with Crippen molar-refractivity contribution in [1.82, 2.24) is 4.31 Å². The lowest BCUT2D eigenvalue weighted by molar-refractivity contribution is 0.465. The normalized spacial score (nSPS) is 34.5. The van der Waals surface area contributed by atoms with Gasteiger partial charge in [0, 0.05) is 19.1 Å². The zero-order valence-corrected chi connectivity index (χ0v) is 7.21. The third-order valence-electron chi connectivity index (χ3n) is 2.00. The summed E-state index contributed by atoms with van der Waals surface area (Å²) >= 11 is 0. The fraction of sp³-hybridized carbons (Fsp3) is 1.00. The Labute approximate surface area is 66.5 Å². The molecule has 1 fully saturated rings. The van der Waals surface area contributed by atoms with E-state index in [0.717, 1.165) is 0 Å².